The quantitative estimate of drug-likeness (QED) is 0.0249. The van der Waals surface area contributed by atoms with Crippen LogP contribution >= 0.6 is 0 Å². The Kier molecular flexibility index (Phi) is 29.8. The summed E-state index contributed by atoms with van der Waals surface area (Å²) >= 11 is 0. The molecular formula is C67H89N9O30S3. The fraction of sp³-hybridized carbons (Fsp3) is 0.597. The summed E-state index contributed by atoms with van der Waals surface area (Å²) in [5.74, 6) is -6.03. The van der Waals surface area contributed by atoms with Crippen LogP contribution in [0.5, 0.6) is 0 Å². The third-order valence-corrected chi connectivity index (χ3v) is 23.3. The lowest BCUT2D eigenvalue weighted by Gasteiger charge is -2.25. The summed E-state index contributed by atoms with van der Waals surface area (Å²) in [6, 6.07) is 0. The molecule has 0 aromatic heterocycles. The zero-order chi connectivity index (χ0) is 80.7. The normalized spacial score (nSPS) is 30.1. The highest BCUT2D eigenvalue weighted by Crippen LogP contribution is 2.57. The van der Waals surface area contributed by atoms with Gasteiger partial charge >= 0.3 is 53.7 Å². The third-order valence-electron chi connectivity index (χ3n) is 19.1. The highest BCUT2D eigenvalue weighted by atomic mass is 32.2. The molecule has 0 aromatic carbocycles. The summed E-state index contributed by atoms with van der Waals surface area (Å²) in [7, 11) is -9.94. The number of fused-ring (bicyclic) bond motifs is 3. The molecule has 6 aliphatic carbocycles. The van der Waals surface area contributed by atoms with Crippen LogP contribution in [0, 0.1) is 53.3 Å². The molecule has 12 aliphatic rings. The van der Waals surface area contributed by atoms with Crippen molar-refractivity contribution in [3.05, 3.63) is 73.9 Å². The van der Waals surface area contributed by atoms with E-state index in [9.17, 15) is 97.2 Å². The van der Waals surface area contributed by atoms with Crippen molar-refractivity contribution in [3.8, 4) is 0 Å². The average Bonchev–Trinajstić information content (AvgIpc) is 1.59. The van der Waals surface area contributed by atoms with Gasteiger partial charge in [-0.05, 0) is 78.4 Å². The van der Waals surface area contributed by atoms with E-state index in [1.54, 1.807) is 13.8 Å². The minimum Gasteiger partial charge on any atom is -0.459 e. The van der Waals surface area contributed by atoms with Gasteiger partial charge in [0.15, 0.2) is 0 Å². The van der Waals surface area contributed by atoms with Crippen LogP contribution in [0.25, 0.3) is 0 Å². The number of nitrogens with one attached hydrogen (secondary N) is 9. The molecule has 600 valence electrons. The van der Waals surface area contributed by atoms with Gasteiger partial charge in [-0.15, -0.1) is 0 Å². The van der Waals surface area contributed by atoms with Crippen molar-refractivity contribution in [2.24, 2.45) is 53.3 Å². The maximum absolute atomic E-state index is 11.8. The first-order chi connectivity index (χ1) is 51.1. The monoisotopic (exact) mass is 1600 g/mol. The number of hydrogen-bond acceptors (Lipinski definition) is 30. The number of carbonyl (C=O) groups is 15. The van der Waals surface area contributed by atoms with Gasteiger partial charge in [-0.25, -0.2) is 39.4 Å². The summed E-state index contributed by atoms with van der Waals surface area (Å²) in [6.45, 7) is 25.1. The number of esters is 9. The molecule has 9 N–H and O–H groups in total. The summed E-state index contributed by atoms with van der Waals surface area (Å²) in [5, 5.41) is 14.0. The molecule has 12 fully saturated rings. The van der Waals surface area contributed by atoms with Crippen molar-refractivity contribution in [3.63, 3.8) is 0 Å². The van der Waals surface area contributed by atoms with Crippen molar-refractivity contribution < 1.29 is 140 Å². The highest BCUT2D eigenvalue weighted by molar-refractivity contribution is 7.90. The minimum atomic E-state index is -3.31. The van der Waals surface area contributed by atoms with E-state index in [1.807, 2.05) is 0 Å². The van der Waals surface area contributed by atoms with Crippen molar-refractivity contribution in [1.82, 2.24) is 46.1 Å². The third kappa shape index (κ3) is 24.4. The molecule has 6 bridgehead atoms. The zero-order valence-electron chi connectivity index (χ0n) is 60.0. The number of amides is 6. The van der Waals surface area contributed by atoms with Crippen molar-refractivity contribution in [2.75, 3.05) is 76.2 Å². The molecule has 109 heavy (non-hydrogen) atoms. The molecule has 6 saturated heterocycles. The van der Waals surface area contributed by atoms with Gasteiger partial charge < -0.3 is 74.5 Å². The maximum atomic E-state index is 11.8. The first kappa shape index (κ1) is 86.5. The second-order valence-electron chi connectivity index (χ2n) is 27.5. The van der Waals surface area contributed by atoms with Crippen LogP contribution < -0.4 is 46.1 Å². The summed E-state index contributed by atoms with van der Waals surface area (Å²) in [4.78, 5) is 170. The van der Waals surface area contributed by atoms with E-state index in [0.29, 0.717) is 11.1 Å². The molecule has 6 aliphatic heterocycles. The minimum absolute atomic E-state index is 0.00284. The number of carbonyl (C=O) groups excluding carboxylic acids is 15. The van der Waals surface area contributed by atoms with E-state index in [2.05, 4.69) is 85.5 Å². The molecule has 0 radical (unpaired) electrons. The maximum Gasteiger partial charge on any atom is 0.325 e. The Hall–Kier alpha value is -9.78. The van der Waals surface area contributed by atoms with Gasteiger partial charge in [-0.3, -0.25) is 71.9 Å². The Morgan fingerprint density at radius 3 is 0.798 bits per heavy atom. The van der Waals surface area contributed by atoms with Crippen molar-refractivity contribution in [2.45, 2.75) is 121 Å². The van der Waals surface area contributed by atoms with Crippen LogP contribution in [-0.4, -0.2) is 246 Å². The second kappa shape index (κ2) is 37.6. The van der Waals surface area contributed by atoms with Gasteiger partial charge in [-0.2, -0.15) is 0 Å². The van der Waals surface area contributed by atoms with E-state index in [1.165, 1.54) is 13.8 Å². The number of ether oxygens (including phenoxy) is 9. The summed E-state index contributed by atoms with van der Waals surface area (Å²) in [5.41, 5.74) is 1.24. The SMILES string of the molecule is C=C(C)C(=O)NCC(=O)OC1C2CC3C(=O)OC1C3C2.C=C(C)C(=O)NCC(=O)OC1C2CC3C(=O)OC1C3C2.C=C(C)C(=O)NCC(=O)OC1CNS(=O)(=O)C1.C=C(C)C(=O)NCC(=O)OC1CNS(=O)(=O)C1.C=CC(=O)NCC(=O)OC1C2CC3C(=O)OC1C3C2.C=CC(=O)NCC(=O)OC1CNS(=O)(=O)C1. The largest absolute Gasteiger partial charge is 0.459 e. The molecule has 6 heterocycles. The molecule has 39 nitrogen and oxygen atoms in total. The van der Waals surface area contributed by atoms with Gasteiger partial charge in [-0.1, -0.05) is 39.5 Å². The topological polar surface area (TPSA) is 550 Å². The lowest BCUT2D eigenvalue weighted by atomic mass is 9.88. The molecule has 18 unspecified atom stereocenters. The number of hydrogen-bond donors (Lipinski definition) is 9. The van der Waals surface area contributed by atoms with Crippen molar-refractivity contribution >= 4 is 119 Å². The second-order valence-corrected chi connectivity index (χ2v) is 33.0. The number of sulfonamides is 3. The summed E-state index contributed by atoms with van der Waals surface area (Å²) in [6.07, 6.45) is 3.02. The molecular weight excluding hydrogens is 1510 g/mol. The van der Waals surface area contributed by atoms with E-state index in [0.717, 1.165) is 50.7 Å². The predicted molar refractivity (Wildman–Crippen MR) is 371 cm³/mol. The van der Waals surface area contributed by atoms with Crippen LogP contribution in [0.2, 0.25) is 0 Å². The van der Waals surface area contributed by atoms with Gasteiger partial charge in [0.1, 0.15) is 111 Å². The lowest BCUT2D eigenvalue weighted by molar-refractivity contribution is -0.161. The van der Waals surface area contributed by atoms with E-state index in [-0.39, 0.29) is 207 Å². The van der Waals surface area contributed by atoms with Gasteiger partial charge in [0.05, 0.1) is 17.8 Å². The molecule has 12 rings (SSSR count). The highest BCUT2D eigenvalue weighted by Gasteiger charge is 2.65. The molecule has 0 spiro atoms. The Balaban J connectivity index is 0.000000182. The Morgan fingerprint density at radius 1 is 0.376 bits per heavy atom. The Bertz CT molecular complexity index is 3900. The van der Waals surface area contributed by atoms with Crippen LogP contribution in [-0.2, 0) is 145 Å². The standard InChI is InChI=1S/2C14H17NO5.C13H15NO5.2C9H14N2O5S.C8H12N2O5S/c2*1-6(2)13(17)15-5-10(16)19-11-7-3-8-9(4-7)14(18)20-12(8)11;1-2-9(15)14-5-10(16)18-11-6-3-7-8(4-6)13(17)19-12(7)11;2*1-6(2)9(13)10-4-8(12)16-7-3-11-17(14,15)5-7;1-2-7(11)9-4-8(12)15-6-3-10-16(13,14)5-6/h2*7-9,11-12H,1,3-5H2,2H3,(H,15,17);2,6-8,11-12H,1,3-5H2,(H,14,15);2*7,11H,1,3-5H2,2H3,(H,10,13);2,6,10H,1,3-5H2,(H,9,11). The first-order valence-electron chi connectivity index (χ1n) is 34.3. The molecule has 18 atom stereocenters. The van der Waals surface area contributed by atoms with E-state index < -0.39 is 108 Å². The lowest BCUT2D eigenvalue weighted by Crippen LogP contribution is -2.39. The average molecular weight is 1600 g/mol. The zero-order valence-corrected chi connectivity index (χ0v) is 62.4. The summed E-state index contributed by atoms with van der Waals surface area (Å²) < 4.78 is 119. The molecule has 6 saturated carbocycles. The molecule has 42 heteroatoms. The van der Waals surface area contributed by atoms with Crippen LogP contribution in [0.3, 0.4) is 0 Å². The van der Waals surface area contributed by atoms with Gasteiger partial charge in [0.2, 0.25) is 65.5 Å². The van der Waals surface area contributed by atoms with Gasteiger partial charge in [0, 0.05) is 77.4 Å². The van der Waals surface area contributed by atoms with Crippen molar-refractivity contribution in [1.29, 1.82) is 0 Å². The van der Waals surface area contributed by atoms with Crippen LogP contribution in [0.1, 0.15) is 66.2 Å². The van der Waals surface area contributed by atoms with Crippen LogP contribution in [0.15, 0.2) is 73.9 Å². The van der Waals surface area contributed by atoms with Crippen LogP contribution in [0.4, 0.5) is 0 Å². The van der Waals surface area contributed by atoms with Gasteiger partial charge in [0.25, 0.3) is 0 Å². The Labute approximate surface area is 626 Å². The fourth-order valence-electron chi connectivity index (χ4n) is 14.1. The fourth-order valence-corrected chi connectivity index (χ4v) is 17.8. The number of rotatable bonds is 24. The molecule has 0 aromatic rings. The van der Waals surface area contributed by atoms with E-state index >= 15 is 0 Å². The Morgan fingerprint density at radius 2 is 0.596 bits per heavy atom. The molecule has 6 amide bonds. The first-order valence-corrected chi connectivity index (χ1v) is 39.3. The van der Waals surface area contributed by atoms with E-state index in [4.69, 9.17) is 42.6 Å². The predicted octanol–water partition coefficient (Wildman–Crippen LogP) is -4.69. The smallest absolute Gasteiger partial charge is 0.325 e.